The SMILES string of the molecule is CCCCC/C=C\C=C/CCCCCCCCC(=O)OCC(COC(=O)CCCCC/C=C\C=C/CCCCCCCCC)OC(=O)CCCCCCCC/C=C\C=C/CCCCC. The summed E-state index contributed by atoms with van der Waals surface area (Å²) in [5.41, 5.74) is 0. The van der Waals surface area contributed by atoms with Gasteiger partial charge in [0.1, 0.15) is 13.2 Å². The Hall–Kier alpha value is -3.15. The maximum atomic E-state index is 12.8. The minimum atomic E-state index is -0.797. The Labute approximate surface area is 395 Å². The standard InChI is InChI=1S/C58H100O6/c1-4-7-10-13-16-19-22-25-28-31-33-36-39-42-45-48-51-57(60)63-54-55(64-58(61)52-49-46-43-40-37-34-30-27-24-21-18-15-12-9-6-3)53-62-56(59)50-47-44-41-38-35-32-29-26-23-20-17-14-11-8-5-2/h17-18,20-21,23-24,26-28,31,33,36,55H,4-16,19,22,25,29-30,32,34-35,37-54H2,1-3H3/b20-17-,21-18-,26-23-,27-24-,31-28-,36-33-. The second kappa shape index (κ2) is 52.5. The molecule has 0 aromatic carbocycles. The van der Waals surface area contributed by atoms with Crippen molar-refractivity contribution in [3.63, 3.8) is 0 Å². The third-order valence-electron chi connectivity index (χ3n) is 11.5. The van der Waals surface area contributed by atoms with E-state index in [1.54, 1.807) is 0 Å². The number of ether oxygens (including phenoxy) is 3. The van der Waals surface area contributed by atoms with Crippen LogP contribution < -0.4 is 0 Å². The van der Waals surface area contributed by atoms with E-state index in [1.165, 1.54) is 128 Å². The van der Waals surface area contributed by atoms with E-state index >= 15 is 0 Å². The Kier molecular flexibility index (Phi) is 49.9. The highest BCUT2D eigenvalue weighted by Gasteiger charge is 2.19. The molecule has 0 saturated carbocycles. The number of carbonyl (C=O) groups excluding carboxylic acids is 3. The summed E-state index contributed by atoms with van der Waals surface area (Å²) in [6.45, 7) is 6.54. The van der Waals surface area contributed by atoms with Crippen molar-refractivity contribution in [1.29, 1.82) is 0 Å². The topological polar surface area (TPSA) is 78.9 Å². The van der Waals surface area contributed by atoms with Crippen molar-refractivity contribution in [2.45, 2.75) is 264 Å². The normalized spacial score (nSPS) is 12.6. The number of hydrogen-bond donors (Lipinski definition) is 0. The van der Waals surface area contributed by atoms with Gasteiger partial charge >= 0.3 is 17.9 Å². The highest BCUT2D eigenvalue weighted by Crippen LogP contribution is 2.14. The quantitative estimate of drug-likeness (QED) is 0.0262. The number of hydrogen-bond acceptors (Lipinski definition) is 6. The molecule has 0 aliphatic rings. The number of allylic oxidation sites excluding steroid dienone is 12. The monoisotopic (exact) mass is 893 g/mol. The molecule has 0 saturated heterocycles. The first-order valence-electron chi connectivity index (χ1n) is 27.0. The van der Waals surface area contributed by atoms with Gasteiger partial charge < -0.3 is 14.2 Å². The Morgan fingerprint density at radius 1 is 0.312 bits per heavy atom. The molecule has 6 heteroatoms. The van der Waals surface area contributed by atoms with Crippen molar-refractivity contribution in [2.75, 3.05) is 13.2 Å². The smallest absolute Gasteiger partial charge is 0.306 e. The van der Waals surface area contributed by atoms with Crippen molar-refractivity contribution >= 4 is 17.9 Å². The molecule has 0 bridgehead atoms. The zero-order valence-electron chi connectivity index (χ0n) is 42.0. The molecule has 1 atom stereocenters. The largest absolute Gasteiger partial charge is 0.462 e. The summed E-state index contributed by atoms with van der Waals surface area (Å²) in [6.07, 6.45) is 65.9. The number of rotatable bonds is 48. The van der Waals surface area contributed by atoms with Crippen LogP contribution in [0.2, 0.25) is 0 Å². The highest BCUT2D eigenvalue weighted by atomic mass is 16.6. The average Bonchev–Trinajstić information content (AvgIpc) is 3.29. The first-order valence-corrected chi connectivity index (χ1v) is 27.0. The van der Waals surface area contributed by atoms with Gasteiger partial charge in [0, 0.05) is 19.3 Å². The van der Waals surface area contributed by atoms with Crippen LogP contribution in [-0.2, 0) is 28.6 Å². The molecule has 0 amide bonds. The van der Waals surface area contributed by atoms with Crippen LogP contribution in [0.3, 0.4) is 0 Å². The van der Waals surface area contributed by atoms with Gasteiger partial charge in [0.15, 0.2) is 6.10 Å². The summed E-state index contributed by atoms with van der Waals surface area (Å²) in [5, 5.41) is 0. The predicted octanol–water partition coefficient (Wildman–Crippen LogP) is 17.8. The zero-order chi connectivity index (χ0) is 46.5. The lowest BCUT2D eigenvalue weighted by atomic mass is 10.1. The van der Waals surface area contributed by atoms with E-state index < -0.39 is 6.10 Å². The molecule has 0 aliphatic heterocycles. The summed E-state index contributed by atoms with van der Waals surface area (Å²) in [6, 6.07) is 0. The van der Waals surface area contributed by atoms with Gasteiger partial charge in [-0.05, 0) is 96.3 Å². The fourth-order valence-electron chi connectivity index (χ4n) is 7.36. The second-order valence-corrected chi connectivity index (χ2v) is 17.9. The third kappa shape index (κ3) is 49.9. The molecule has 64 heavy (non-hydrogen) atoms. The van der Waals surface area contributed by atoms with E-state index in [2.05, 4.69) is 93.7 Å². The first kappa shape index (κ1) is 60.9. The third-order valence-corrected chi connectivity index (χ3v) is 11.5. The summed E-state index contributed by atoms with van der Waals surface area (Å²) < 4.78 is 16.8. The molecule has 0 fully saturated rings. The van der Waals surface area contributed by atoms with Crippen LogP contribution in [0.4, 0.5) is 0 Å². The lowest BCUT2D eigenvalue weighted by molar-refractivity contribution is -0.167. The molecule has 1 unspecified atom stereocenters. The van der Waals surface area contributed by atoms with Gasteiger partial charge in [0.2, 0.25) is 0 Å². The molecule has 0 N–H and O–H groups in total. The molecule has 0 rings (SSSR count). The van der Waals surface area contributed by atoms with Gasteiger partial charge in [-0.25, -0.2) is 0 Å². The van der Waals surface area contributed by atoms with Crippen LogP contribution in [0.5, 0.6) is 0 Å². The number of carbonyl (C=O) groups is 3. The first-order chi connectivity index (χ1) is 31.5. The van der Waals surface area contributed by atoms with Crippen molar-refractivity contribution in [3.05, 3.63) is 72.9 Å². The fourth-order valence-corrected chi connectivity index (χ4v) is 7.36. The Morgan fingerprint density at radius 3 is 0.875 bits per heavy atom. The van der Waals surface area contributed by atoms with Gasteiger partial charge in [0.25, 0.3) is 0 Å². The van der Waals surface area contributed by atoms with Crippen LogP contribution in [0.25, 0.3) is 0 Å². The summed E-state index contributed by atoms with van der Waals surface area (Å²) >= 11 is 0. The van der Waals surface area contributed by atoms with E-state index in [0.29, 0.717) is 19.3 Å². The van der Waals surface area contributed by atoms with E-state index in [1.807, 2.05) is 0 Å². The molecular weight excluding hydrogens is 793 g/mol. The summed E-state index contributed by atoms with van der Waals surface area (Å²) in [7, 11) is 0. The molecular formula is C58H100O6. The van der Waals surface area contributed by atoms with Crippen LogP contribution in [0.1, 0.15) is 258 Å². The molecule has 0 aliphatic carbocycles. The molecule has 368 valence electrons. The highest BCUT2D eigenvalue weighted by molar-refractivity contribution is 5.71. The summed E-state index contributed by atoms with van der Waals surface area (Å²) in [5.74, 6) is -0.941. The van der Waals surface area contributed by atoms with Gasteiger partial charge in [0.05, 0.1) is 0 Å². The van der Waals surface area contributed by atoms with E-state index in [9.17, 15) is 14.4 Å². The van der Waals surface area contributed by atoms with E-state index in [0.717, 1.165) is 89.9 Å². The molecule has 6 nitrogen and oxygen atoms in total. The average molecular weight is 893 g/mol. The lowest BCUT2D eigenvalue weighted by Gasteiger charge is -2.18. The molecule has 0 spiro atoms. The van der Waals surface area contributed by atoms with E-state index in [-0.39, 0.29) is 31.1 Å². The predicted molar refractivity (Wildman–Crippen MR) is 274 cm³/mol. The van der Waals surface area contributed by atoms with Gasteiger partial charge in [-0.2, -0.15) is 0 Å². The molecule has 0 aromatic rings. The Balaban J connectivity index is 4.47. The molecule has 0 radical (unpaired) electrons. The van der Waals surface area contributed by atoms with Crippen LogP contribution in [0.15, 0.2) is 72.9 Å². The minimum Gasteiger partial charge on any atom is -0.462 e. The molecule has 0 heterocycles. The lowest BCUT2D eigenvalue weighted by Crippen LogP contribution is -2.30. The van der Waals surface area contributed by atoms with Crippen molar-refractivity contribution in [2.24, 2.45) is 0 Å². The van der Waals surface area contributed by atoms with Gasteiger partial charge in [-0.1, -0.05) is 216 Å². The van der Waals surface area contributed by atoms with Crippen LogP contribution in [-0.4, -0.2) is 37.2 Å². The van der Waals surface area contributed by atoms with Gasteiger partial charge in [-0.15, -0.1) is 0 Å². The van der Waals surface area contributed by atoms with E-state index in [4.69, 9.17) is 14.2 Å². The summed E-state index contributed by atoms with van der Waals surface area (Å²) in [4.78, 5) is 38.0. The Bertz CT molecular complexity index is 1210. The maximum Gasteiger partial charge on any atom is 0.306 e. The molecule has 0 aromatic heterocycles. The van der Waals surface area contributed by atoms with Crippen molar-refractivity contribution in [3.8, 4) is 0 Å². The van der Waals surface area contributed by atoms with Gasteiger partial charge in [-0.3, -0.25) is 14.4 Å². The fraction of sp³-hybridized carbons (Fsp3) is 0.741. The number of esters is 3. The minimum absolute atomic E-state index is 0.0950. The zero-order valence-corrected chi connectivity index (χ0v) is 42.0. The van der Waals surface area contributed by atoms with Crippen LogP contribution in [0, 0.1) is 0 Å². The maximum absolute atomic E-state index is 12.8. The Morgan fingerprint density at radius 2 is 0.547 bits per heavy atom. The van der Waals surface area contributed by atoms with Crippen molar-refractivity contribution in [1.82, 2.24) is 0 Å². The second-order valence-electron chi connectivity index (χ2n) is 17.9. The number of unbranched alkanes of at least 4 members (excludes halogenated alkanes) is 28. The van der Waals surface area contributed by atoms with Crippen LogP contribution >= 0.6 is 0 Å². The van der Waals surface area contributed by atoms with Crippen molar-refractivity contribution < 1.29 is 28.6 Å².